The van der Waals surface area contributed by atoms with Gasteiger partial charge < -0.3 is 10.4 Å². The average molecular weight is 333 g/mol. The molecule has 2 rings (SSSR count). The number of amides is 2. The lowest BCUT2D eigenvalue weighted by Crippen LogP contribution is -2.33. The van der Waals surface area contributed by atoms with Crippen LogP contribution in [0.1, 0.15) is 0 Å². The van der Waals surface area contributed by atoms with Crippen molar-refractivity contribution >= 4 is 28.8 Å². The quantitative estimate of drug-likeness (QED) is 0.371. The van der Waals surface area contributed by atoms with Gasteiger partial charge in [-0.25, -0.2) is 4.79 Å². The van der Waals surface area contributed by atoms with Crippen molar-refractivity contribution in [2.45, 2.75) is 0 Å². The standard InChI is InChI=1S/C13H11N5O6/c19-10-4-1-8(2-5-10)14-13(20)16-15-11-6-3-9(17(21)22)7-12(11)18(23)24/h1-7,15,19H,(H2,14,16,20). The fourth-order valence-corrected chi connectivity index (χ4v) is 1.72. The number of hydrazine groups is 1. The molecule has 11 heteroatoms. The van der Waals surface area contributed by atoms with E-state index < -0.39 is 27.3 Å². The largest absolute Gasteiger partial charge is 0.508 e. The Bertz CT molecular complexity index is 792. The first-order chi connectivity index (χ1) is 11.4. The number of carbonyl (C=O) groups excluding carboxylic acids is 1. The van der Waals surface area contributed by atoms with Crippen molar-refractivity contribution in [2.75, 3.05) is 10.7 Å². The molecule has 2 amide bonds. The van der Waals surface area contributed by atoms with Gasteiger partial charge >= 0.3 is 11.7 Å². The van der Waals surface area contributed by atoms with Crippen LogP contribution in [0.2, 0.25) is 0 Å². The van der Waals surface area contributed by atoms with E-state index in [9.17, 15) is 25.0 Å². The number of hydrogen-bond acceptors (Lipinski definition) is 7. The Balaban J connectivity index is 2.05. The lowest BCUT2D eigenvalue weighted by Gasteiger charge is -2.10. The molecule has 4 N–H and O–H groups in total. The maximum Gasteiger partial charge on any atom is 0.337 e. The summed E-state index contributed by atoms with van der Waals surface area (Å²) < 4.78 is 0. The van der Waals surface area contributed by atoms with Crippen LogP contribution in [0.3, 0.4) is 0 Å². The summed E-state index contributed by atoms with van der Waals surface area (Å²) in [7, 11) is 0. The highest BCUT2D eigenvalue weighted by Crippen LogP contribution is 2.28. The van der Waals surface area contributed by atoms with E-state index in [-0.39, 0.29) is 11.4 Å². The molecule has 0 atom stereocenters. The molecule has 0 aliphatic rings. The van der Waals surface area contributed by atoms with Crippen molar-refractivity contribution in [1.29, 1.82) is 0 Å². The van der Waals surface area contributed by atoms with Gasteiger partial charge in [-0.3, -0.25) is 31.1 Å². The number of urea groups is 1. The summed E-state index contributed by atoms with van der Waals surface area (Å²) in [5, 5.41) is 33.2. The predicted molar refractivity (Wildman–Crippen MR) is 83.6 cm³/mol. The third-order valence-corrected chi connectivity index (χ3v) is 2.82. The minimum atomic E-state index is -0.811. The number of anilines is 2. The summed E-state index contributed by atoms with van der Waals surface area (Å²) in [4.78, 5) is 31.7. The number of non-ortho nitro benzene ring substituents is 1. The van der Waals surface area contributed by atoms with Crippen molar-refractivity contribution in [3.63, 3.8) is 0 Å². The van der Waals surface area contributed by atoms with Gasteiger partial charge in [-0.2, -0.15) is 0 Å². The molecule has 2 aromatic rings. The molecule has 24 heavy (non-hydrogen) atoms. The Morgan fingerprint density at radius 2 is 1.67 bits per heavy atom. The van der Waals surface area contributed by atoms with Crippen LogP contribution < -0.4 is 16.2 Å². The number of nitro groups is 2. The number of hydrogen-bond donors (Lipinski definition) is 4. The molecule has 0 saturated heterocycles. The van der Waals surface area contributed by atoms with Gasteiger partial charge in [0.2, 0.25) is 0 Å². The fourth-order valence-electron chi connectivity index (χ4n) is 1.72. The average Bonchev–Trinajstić information content (AvgIpc) is 2.54. The minimum absolute atomic E-state index is 0.0283. The number of phenols is 1. The first kappa shape index (κ1) is 16.5. The van der Waals surface area contributed by atoms with Gasteiger partial charge in [-0.1, -0.05) is 0 Å². The van der Waals surface area contributed by atoms with Crippen LogP contribution in [-0.4, -0.2) is 21.0 Å². The summed E-state index contributed by atoms with van der Waals surface area (Å²) in [6.45, 7) is 0. The van der Waals surface area contributed by atoms with Gasteiger partial charge in [-0.15, -0.1) is 0 Å². The Kier molecular flexibility index (Phi) is 4.75. The van der Waals surface area contributed by atoms with Crippen molar-refractivity contribution in [2.24, 2.45) is 0 Å². The maximum absolute atomic E-state index is 11.7. The van der Waals surface area contributed by atoms with Gasteiger partial charge in [0.15, 0.2) is 0 Å². The van der Waals surface area contributed by atoms with Gasteiger partial charge in [0.1, 0.15) is 11.4 Å². The van der Waals surface area contributed by atoms with Crippen molar-refractivity contribution in [3.05, 3.63) is 62.7 Å². The molecule has 124 valence electrons. The highest BCUT2D eigenvalue weighted by Gasteiger charge is 2.19. The second-order valence-corrected chi connectivity index (χ2v) is 4.47. The monoisotopic (exact) mass is 333 g/mol. The SMILES string of the molecule is O=C(NNc1ccc([N+](=O)[O-])cc1[N+](=O)[O-])Nc1ccc(O)cc1. The first-order valence-electron chi connectivity index (χ1n) is 6.41. The van der Waals surface area contributed by atoms with Gasteiger partial charge in [-0.05, 0) is 30.3 Å². The molecule has 0 aliphatic carbocycles. The molecule has 0 spiro atoms. The Morgan fingerprint density at radius 1 is 1.00 bits per heavy atom. The van der Waals surface area contributed by atoms with E-state index in [2.05, 4.69) is 16.2 Å². The smallest absolute Gasteiger partial charge is 0.337 e. The van der Waals surface area contributed by atoms with Crippen LogP contribution in [0.4, 0.5) is 27.5 Å². The number of nitrogens with one attached hydrogen (secondary N) is 3. The van der Waals surface area contributed by atoms with Crippen molar-refractivity contribution in [3.8, 4) is 5.75 Å². The number of nitrogens with zero attached hydrogens (tertiary/aromatic N) is 2. The molecule has 0 aromatic heterocycles. The van der Waals surface area contributed by atoms with Crippen molar-refractivity contribution in [1.82, 2.24) is 5.43 Å². The van der Waals surface area contributed by atoms with Gasteiger partial charge in [0.05, 0.1) is 15.9 Å². The lowest BCUT2D eigenvalue weighted by molar-refractivity contribution is -0.393. The summed E-state index contributed by atoms with van der Waals surface area (Å²) >= 11 is 0. The van der Waals surface area contributed by atoms with Crippen LogP contribution in [0.25, 0.3) is 0 Å². The second kappa shape index (κ2) is 6.91. The Hall–Kier alpha value is -3.89. The topological polar surface area (TPSA) is 160 Å². The van der Waals surface area contributed by atoms with E-state index >= 15 is 0 Å². The van der Waals surface area contributed by atoms with E-state index in [1.165, 1.54) is 24.3 Å². The van der Waals surface area contributed by atoms with E-state index in [1.54, 1.807) is 0 Å². The predicted octanol–water partition coefficient (Wildman–Crippen LogP) is 2.36. The van der Waals surface area contributed by atoms with E-state index in [4.69, 9.17) is 5.11 Å². The number of phenolic OH excluding ortho intramolecular Hbond substituents is 1. The van der Waals surface area contributed by atoms with E-state index in [1.807, 2.05) is 0 Å². The molecule has 0 bridgehead atoms. The highest BCUT2D eigenvalue weighted by molar-refractivity contribution is 5.90. The normalized spacial score (nSPS) is 9.83. The van der Waals surface area contributed by atoms with Gasteiger partial charge in [0, 0.05) is 11.8 Å². The van der Waals surface area contributed by atoms with Crippen LogP contribution in [-0.2, 0) is 0 Å². The number of rotatable bonds is 5. The molecule has 0 fully saturated rings. The van der Waals surface area contributed by atoms with Crippen molar-refractivity contribution < 1.29 is 19.7 Å². The minimum Gasteiger partial charge on any atom is -0.508 e. The number of aromatic hydroxyl groups is 1. The molecular formula is C13H11N5O6. The first-order valence-corrected chi connectivity index (χ1v) is 6.41. The third-order valence-electron chi connectivity index (χ3n) is 2.82. The van der Waals surface area contributed by atoms with Crippen LogP contribution in [0, 0.1) is 20.2 Å². The number of nitro benzene ring substituents is 2. The zero-order valence-electron chi connectivity index (χ0n) is 11.9. The second-order valence-electron chi connectivity index (χ2n) is 4.47. The highest BCUT2D eigenvalue weighted by atomic mass is 16.6. The molecule has 2 aromatic carbocycles. The maximum atomic E-state index is 11.7. The third kappa shape index (κ3) is 4.07. The summed E-state index contributed by atoms with van der Waals surface area (Å²) in [5.41, 5.74) is 3.74. The summed E-state index contributed by atoms with van der Waals surface area (Å²) in [6, 6.07) is 7.85. The lowest BCUT2D eigenvalue weighted by atomic mass is 10.2. The molecule has 0 unspecified atom stereocenters. The zero-order chi connectivity index (χ0) is 17.7. The Labute approximate surface area is 134 Å². The fraction of sp³-hybridized carbons (Fsp3) is 0. The Morgan fingerprint density at radius 3 is 2.25 bits per heavy atom. The molecular weight excluding hydrogens is 322 g/mol. The van der Waals surface area contributed by atoms with Gasteiger partial charge in [0.25, 0.3) is 5.69 Å². The van der Waals surface area contributed by atoms with Crippen LogP contribution >= 0.6 is 0 Å². The van der Waals surface area contributed by atoms with Crippen LogP contribution in [0.5, 0.6) is 5.75 Å². The summed E-state index contributed by atoms with van der Waals surface area (Å²) in [6.07, 6.45) is 0. The number of carbonyl (C=O) groups is 1. The molecule has 0 saturated carbocycles. The molecule has 11 nitrogen and oxygen atoms in total. The van der Waals surface area contributed by atoms with E-state index in [0.29, 0.717) is 5.69 Å². The molecule has 0 aliphatic heterocycles. The number of benzene rings is 2. The molecule has 0 heterocycles. The van der Waals surface area contributed by atoms with Crippen LogP contribution in [0.15, 0.2) is 42.5 Å². The summed E-state index contributed by atoms with van der Waals surface area (Å²) in [5.74, 6) is 0.0283. The zero-order valence-corrected chi connectivity index (χ0v) is 11.9. The molecule has 0 radical (unpaired) electrons. The van der Waals surface area contributed by atoms with E-state index in [0.717, 1.165) is 18.2 Å².